The van der Waals surface area contributed by atoms with Crippen molar-refractivity contribution in [3.63, 3.8) is 0 Å². The molecule has 2 heterocycles. The molecule has 19 heavy (non-hydrogen) atoms. The lowest BCUT2D eigenvalue weighted by atomic mass is 10.1. The van der Waals surface area contributed by atoms with E-state index in [1.54, 1.807) is 30.9 Å². The van der Waals surface area contributed by atoms with Crippen LogP contribution in [0.3, 0.4) is 0 Å². The zero-order valence-corrected chi connectivity index (χ0v) is 10.4. The van der Waals surface area contributed by atoms with Crippen LogP contribution in [0.5, 0.6) is 0 Å². The molecule has 0 N–H and O–H groups in total. The average Bonchev–Trinajstić information content (AvgIpc) is 2.91. The highest BCUT2D eigenvalue weighted by Crippen LogP contribution is 2.24. The first kappa shape index (κ1) is 11.3. The Morgan fingerprint density at radius 1 is 1.32 bits per heavy atom. The van der Waals surface area contributed by atoms with E-state index >= 15 is 0 Å². The number of hydrogen-bond acceptors (Lipinski definition) is 4. The lowest BCUT2D eigenvalue weighted by Gasteiger charge is -2.01. The zero-order chi connectivity index (χ0) is 13.6. The molecule has 0 atom stereocenters. The molecule has 2 aromatic heterocycles. The van der Waals surface area contributed by atoms with E-state index in [4.69, 9.17) is 9.68 Å². The lowest BCUT2D eigenvalue weighted by Crippen LogP contribution is -2.08. The van der Waals surface area contributed by atoms with E-state index in [2.05, 4.69) is 5.10 Å². The van der Waals surface area contributed by atoms with E-state index in [1.807, 2.05) is 18.2 Å². The first-order chi connectivity index (χ1) is 9.10. The molecule has 1 aromatic carbocycles. The van der Waals surface area contributed by atoms with Crippen molar-refractivity contribution in [2.45, 2.75) is 0 Å². The summed E-state index contributed by atoms with van der Waals surface area (Å²) < 4.78 is 8.22. The molecule has 3 aromatic rings. The summed E-state index contributed by atoms with van der Waals surface area (Å²) in [7, 11) is 3.42. The van der Waals surface area contributed by atoms with E-state index in [0.717, 1.165) is 16.8 Å². The summed E-state index contributed by atoms with van der Waals surface area (Å²) in [5, 5.41) is 12.9. The van der Waals surface area contributed by atoms with Gasteiger partial charge in [-0.15, -0.1) is 0 Å². The largest absolute Gasteiger partial charge is 0.419 e. The summed E-state index contributed by atoms with van der Waals surface area (Å²) >= 11 is 0. The molecule has 6 nitrogen and oxygen atoms in total. The van der Waals surface area contributed by atoms with Crippen LogP contribution in [0.2, 0.25) is 0 Å². The number of nitrogens with zero attached hydrogens (tertiary/aromatic N) is 4. The highest BCUT2D eigenvalue weighted by molar-refractivity contribution is 5.79. The number of fused-ring (bicyclic) bond motifs is 1. The first-order valence-electron chi connectivity index (χ1n) is 5.64. The van der Waals surface area contributed by atoms with Gasteiger partial charge in [-0.2, -0.15) is 10.4 Å². The van der Waals surface area contributed by atoms with Crippen molar-refractivity contribution in [1.82, 2.24) is 14.3 Å². The van der Waals surface area contributed by atoms with Gasteiger partial charge in [0.2, 0.25) is 0 Å². The van der Waals surface area contributed by atoms with Gasteiger partial charge in [0.1, 0.15) is 6.07 Å². The van der Waals surface area contributed by atoms with Gasteiger partial charge in [0.25, 0.3) is 0 Å². The predicted octanol–water partition coefficient (Wildman–Crippen LogP) is 1.40. The van der Waals surface area contributed by atoms with Crippen molar-refractivity contribution in [3.05, 3.63) is 40.5 Å². The van der Waals surface area contributed by atoms with Gasteiger partial charge in [-0.1, -0.05) is 6.07 Å². The van der Waals surface area contributed by atoms with Crippen molar-refractivity contribution < 1.29 is 4.42 Å². The second kappa shape index (κ2) is 3.85. The molecule has 0 aliphatic heterocycles. The number of oxazole rings is 1. The van der Waals surface area contributed by atoms with E-state index in [-0.39, 0.29) is 0 Å². The van der Waals surface area contributed by atoms with Gasteiger partial charge in [-0.3, -0.25) is 9.25 Å². The van der Waals surface area contributed by atoms with Crippen LogP contribution >= 0.6 is 0 Å². The van der Waals surface area contributed by atoms with E-state index in [0.29, 0.717) is 11.3 Å². The molecule has 0 unspecified atom stereocenters. The van der Waals surface area contributed by atoms with Gasteiger partial charge >= 0.3 is 5.76 Å². The highest BCUT2D eigenvalue weighted by Gasteiger charge is 2.11. The van der Waals surface area contributed by atoms with Crippen LogP contribution in [-0.2, 0) is 14.1 Å². The zero-order valence-electron chi connectivity index (χ0n) is 10.4. The topological polar surface area (TPSA) is 76.8 Å². The Kier molecular flexibility index (Phi) is 2.29. The summed E-state index contributed by atoms with van der Waals surface area (Å²) in [6.07, 6.45) is 0. The summed E-state index contributed by atoms with van der Waals surface area (Å²) in [6.45, 7) is 0. The normalized spacial score (nSPS) is 10.8. The molecule has 0 spiro atoms. The quantitative estimate of drug-likeness (QED) is 0.657. The maximum atomic E-state index is 11.4. The highest BCUT2D eigenvalue weighted by atomic mass is 16.4. The van der Waals surface area contributed by atoms with Gasteiger partial charge in [-0.25, -0.2) is 4.79 Å². The van der Waals surface area contributed by atoms with Crippen molar-refractivity contribution in [2.75, 3.05) is 0 Å². The second-order valence-corrected chi connectivity index (χ2v) is 4.26. The van der Waals surface area contributed by atoms with Crippen LogP contribution < -0.4 is 5.76 Å². The fraction of sp³-hybridized carbons (Fsp3) is 0.154. The van der Waals surface area contributed by atoms with Gasteiger partial charge < -0.3 is 4.42 Å². The van der Waals surface area contributed by atoms with Crippen molar-refractivity contribution in [3.8, 4) is 17.3 Å². The molecule has 0 saturated heterocycles. The third-order valence-corrected chi connectivity index (χ3v) is 3.08. The minimum Gasteiger partial charge on any atom is -0.408 e. The molecule has 0 bridgehead atoms. The van der Waals surface area contributed by atoms with E-state index in [9.17, 15) is 4.79 Å². The van der Waals surface area contributed by atoms with Crippen LogP contribution in [0, 0.1) is 11.3 Å². The third-order valence-electron chi connectivity index (χ3n) is 3.08. The SMILES string of the molecule is Cn1nc(C#N)cc1-c1ccc2c(c1)oc(=O)n2C. The standard InChI is InChI=1S/C13H10N4O2/c1-16-10-4-3-8(5-12(10)19-13(16)18)11-6-9(7-14)15-17(11)2/h3-6H,1-2H3. The Bertz CT molecular complexity index is 876. The smallest absolute Gasteiger partial charge is 0.408 e. The minimum atomic E-state index is -0.394. The molecule has 0 saturated carbocycles. The maximum absolute atomic E-state index is 11.4. The Morgan fingerprint density at radius 2 is 2.11 bits per heavy atom. The summed E-state index contributed by atoms with van der Waals surface area (Å²) in [4.78, 5) is 11.4. The second-order valence-electron chi connectivity index (χ2n) is 4.26. The number of nitriles is 1. The lowest BCUT2D eigenvalue weighted by molar-refractivity contribution is 0.528. The van der Waals surface area contributed by atoms with Crippen molar-refractivity contribution in [1.29, 1.82) is 5.26 Å². The van der Waals surface area contributed by atoms with Gasteiger partial charge in [0.05, 0.1) is 11.2 Å². The van der Waals surface area contributed by atoms with Crippen LogP contribution in [-0.4, -0.2) is 14.3 Å². The number of rotatable bonds is 1. The fourth-order valence-corrected chi connectivity index (χ4v) is 2.09. The van der Waals surface area contributed by atoms with Gasteiger partial charge in [0, 0.05) is 25.7 Å². The van der Waals surface area contributed by atoms with Crippen molar-refractivity contribution >= 4 is 11.1 Å². The van der Waals surface area contributed by atoms with Crippen molar-refractivity contribution in [2.24, 2.45) is 14.1 Å². The molecule has 0 radical (unpaired) electrons. The molecule has 6 heteroatoms. The summed E-state index contributed by atoms with van der Waals surface area (Å²) in [6, 6.07) is 9.15. The van der Waals surface area contributed by atoms with Crippen LogP contribution in [0.15, 0.2) is 33.5 Å². The fourth-order valence-electron chi connectivity index (χ4n) is 2.09. The van der Waals surface area contributed by atoms with Crippen LogP contribution in [0.25, 0.3) is 22.4 Å². The van der Waals surface area contributed by atoms with Gasteiger partial charge in [-0.05, 0) is 12.1 Å². The summed E-state index contributed by atoms with van der Waals surface area (Å²) in [5.41, 5.74) is 3.25. The number of hydrogen-bond donors (Lipinski definition) is 0. The molecular formula is C13H10N4O2. The minimum absolute atomic E-state index is 0.354. The van der Waals surface area contributed by atoms with E-state index < -0.39 is 5.76 Å². The van der Waals surface area contributed by atoms with Crippen LogP contribution in [0.4, 0.5) is 0 Å². The number of aryl methyl sites for hydroxylation is 2. The predicted molar refractivity (Wildman–Crippen MR) is 68.4 cm³/mol. The first-order valence-corrected chi connectivity index (χ1v) is 5.64. The molecule has 3 rings (SSSR count). The molecule has 0 aliphatic rings. The Morgan fingerprint density at radius 3 is 2.79 bits per heavy atom. The monoisotopic (exact) mass is 254 g/mol. The maximum Gasteiger partial charge on any atom is 0.419 e. The van der Waals surface area contributed by atoms with Gasteiger partial charge in [0.15, 0.2) is 11.3 Å². The Labute approximate surface area is 108 Å². The molecule has 0 amide bonds. The number of benzene rings is 1. The molecule has 0 aliphatic carbocycles. The Hall–Kier alpha value is -2.81. The van der Waals surface area contributed by atoms with E-state index in [1.165, 1.54) is 4.57 Å². The number of aromatic nitrogens is 3. The average molecular weight is 254 g/mol. The summed E-state index contributed by atoms with van der Waals surface area (Å²) in [5.74, 6) is -0.394. The Balaban J connectivity index is 2.23. The molecule has 94 valence electrons. The van der Waals surface area contributed by atoms with Crippen LogP contribution in [0.1, 0.15) is 5.69 Å². The third kappa shape index (κ3) is 1.64. The molecular weight excluding hydrogens is 244 g/mol. The molecule has 0 fully saturated rings.